The average Bonchev–Trinajstić information content (AvgIpc) is 2.95. The lowest BCUT2D eigenvalue weighted by atomic mass is 10.2. The molecule has 0 saturated heterocycles. The molecular weight excluding hydrogens is 300 g/mol. The van der Waals surface area contributed by atoms with E-state index in [0.29, 0.717) is 0 Å². The molecule has 0 nitrogen and oxygen atoms in total. The summed E-state index contributed by atoms with van der Waals surface area (Å²) in [5.74, 6) is 1.54. The molecule has 21 heavy (non-hydrogen) atoms. The van der Waals surface area contributed by atoms with Gasteiger partial charge in [-0.05, 0) is 11.8 Å². The van der Waals surface area contributed by atoms with Crippen molar-refractivity contribution >= 4 is 25.7 Å². The molecule has 0 aromatic heterocycles. The van der Waals surface area contributed by atoms with Crippen molar-refractivity contribution < 1.29 is 0 Å². The van der Waals surface area contributed by atoms with E-state index in [2.05, 4.69) is 75.7 Å². The fourth-order valence-electron chi connectivity index (χ4n) is 3.09. The Bertz CT molecular complexity index is 450. The Kier molecular flexibility index (Phi) is 5.16. The molecule has 0 aliphatic heterocycles. The van der Waals surface area contributed by atoms with Crippen molar-refractivity contribution in [1.82, 2.24) is 0 Å². The van der Waals surface area contributed by atoms with E-state index in [0.717, 1.165) is 11.8 Å². The van der Waals surface area contributed by atoms with Crippen molar-refractivity contribution in [3.05, 3.63) is 46.8 Å². The van der Waals surface area contributed by atoms with E-state index in [9.17, 15) is 0 Å². The second-order valence-electron chi connectivity index (χ2n) is 8.72. The van der Waals surface area contributed by atoms with Crippen molar-refractivity contribution in [3.8, 4) is 0 Å². The quantitative estimate of drug-likeness (QED) is 0.602. The van der Waals surface area contributed by atoms with E-state index in [-0.39, 0.29) is 9.52 Å². The molecule has 0 N–H and O–H groups in total. The highest BCUT2D eigenvalue weighted by Gasteiger charge is 2.23. The molecule has 0 aromatic rings. The van der Waals surface area contributed by atoms with Crippen LogP contribution in [0.25, 0.3) is 0 Å². The number of rotatable bonds is 6. The normalized spacial score (nSPS) is 26.0. The zero-order valence-electron chi connectivity index (χ0n) is 14.7. The summed E-state index contributed by atoms with van der Waals surface area (Å²) >= 11 is 0. The molecule has 0 fully saturated rings. The van der Waals surface area contributed by atoms with Crippen LogP contribution in [0.4, 0.5) is 0 Å². The molecule has 3 heteroatoms. The monoisotopic (exact) mass is 332 g/mol. The lowest BCUT2D eigenvalue weighted by Gasteiger charge is -2.16. The van der Waals surface area contributed by atoms with E-state index < -0.39 is 16.1 Å². The summed E-state index contributed by atoms with van der Waals surface area (Å²) in [6.45, 7) is 14.7. The van der Waals surface area contributed by atoms with Gasteiger partial charge in [0.15, 0.2) is 0 Å². The first-order valence-electron chi connectivity index (χ1n) is 8.47. The van der Waals surface area contributed by atoms with Crippen LogP contribution in [0.1, 0.15) is 0 Å². The zero-order chi connectivity index (χ0) is 15.7. The first kappa shape index (κ1) is 17.0. The van der Waals surface area contributed by atoms with E-state index in [1.807, 2.05) is 0 Å². The van der Waals surface area contributed by atoms with Gasteiger partial charge in [-0.25, -0.2) is 0 Å². The minimum Gasteiger partial charge on any atom is -0.0787 e. The zero-order valence-corrected chi connectivity index (χ0v) is 18.2. The molecule has 2 atom stereocenters. The van der Waals surface area contributed by atoms with E-state index in [4.69, 9.17) is 0 Å². The van der Waals surface area contributed by atoms with Crippen LogP contribution in [0.2, 0.25) is 51.4 Å². The smallest absolute Gasteiger partial charge is 0.0771 e. The molecule has 116 valence electrons. The van der Waals surface area contributed by atoms with Crippen molar-refractivity contribution in [3.63, 3.8) is 0 Å². The Balaban J connectivity index is 1.78. The lowest BCUT2D eigenvalue weighted by molar-refractivity contribution is 0.900. The predicted molar refractivity (Wildman–Crippen MR) is 106 cm³/mol. The molecule has 2 aliphatic carbocycles. The summed E-state index contributed by atoms with van der Waals surface area (Å²) in [6, 6.07) is 2.93. The van der Waals surface area contributed by atoms with Crippen LogP contribution in [0.15, 0.2) is 46.8 Å². The van der Waals surface area contributed by atoms with Crippen LogP contribution in [0.3, 0.4) is 0 Å². The molecule has 0 amide bonds. The van der Waals surface area contributed by atoms with E-state index >= 15 is 0 Å². The lowest BCUT2D eigenvalue weighted by Crippen LogP contribution is -2.22. The molecule has 2 aliphatic rings. The van der Waals surface area contributed by atoms with Gasteiger partial charge in [0.05, 0.1) is 16.1 Å². The third-order valence-electron chi connectivity index (χ3n) is 4.64. The fraction of sp³-hybridized carbons (Fsp3) is 0.556. The molecule has 0 aromatic carbocycles. The fourth-order valence-corrected chi connectivity index (χ4v) is 7.60. The van der Waals surface area contributed by atoms with Gasteiger partial charge in [-0.1, -0.05) is 98.2 Å². The van der Waals surface area contributed by atoms with E-state index in [1.165, 1.54) is 12.1 Å². The van der Waals surface area contributed by atoms with Gasteiger partial charge in [0.1, 0.15) is 0 Å². The maximum atomic E-state index is 2.58. The number of allylic oxidation sites excluding steroid dienone is 8. The predicted octanol–water partition coefficient (Wildman–Crippen LogP) is 4.97. The standard InChI is InChI=1S/C18H32Si3/c1-20(2,3)17-9-7-15(11-17)13-19-14-16-8-10-18(12-16)21(4,5)6/h7-12,15-16H,13-14,19H2,1-6H3. The second-order valence-corrected chi connectivity index (χ2v) is 20.7. The number of hydrogen-bond acceptors (Lipinski definition) is 0. The molecule has 0 bridgehead atoms. The van der Waals surface area contributed by atoms with Crippen LogP contribution >= 0.6 is 0 Å². The largest absolute Gasteiger partial charge is 0.0787 e. The topological polar surface area (TPSA) is 0 Å². The van der Waals surface area contributed by atoms with Crippen molar-refractivity contribution in [2.45, 2.75) is 51.4 Å². The van der Waals surface area contributed by atoms with Gasteiger partial charge in [-0.15, -0.1) is 0 Å². The molecule has 0 heterocycles. The van der Waals surface area contributed by atoms with Crippen molar-refractivity contribution in [2.75, 3.05) is 0 Å². The highest BCUT2D eigenvalue weighted by atomic mass is 28.3. The summed E-state index contributed by atoms with van der Waals surface area (Å²) in [6.07, 6.45) is 14.9. The Morgan fingerprint density at radius 2 is 1.14 bits per heavy atom. The minimum atomic E-state index is -1.09. The first-order valence-corrected chi connectivity index (χ1v) is 17.5. The summed E-state index contributed by atoms with van der Waals surface area (Å²) in [7, 11) is -2.12. The van der Waals surface area contributed by atoms with Gasteiger partial charge in [0.2, 0.25) is 0 Å². The molecule has 0 radical (unpaired) electrons. The average molecular weight is 333 g/mol. The molecular formula is C18H32Si3. The number of hydrogen-bond donors (Lipinski definition) is 0. The van der Waals surface area contributed by atoms with Gasteiger partial charge >= 0.3 is 0 Å². The third-order valence-corrected chi connectivity index (χ3v) is 10.9. The highest BCUT2D eigenvalue weighted by Crippen LogP contribution is 2.29. The van der Waals surface area contributed by atoms with Crippen molar-refractivity contribution in [2.24, 2.45) is 11.8 Å². The van der Waals surface area contributed by atoms with Crippen LogP contribution < -0.4 is 0 Å². The molecule has 0 saturated carbocycles. The van der Waals surface area contributed by atoms with Gasteiger partial charge in [0, 0.05) is 9.52 Å². The molecule has 2 unspecified atom stereocenters. The SMILES string of the molecule is C[Si](C)(C)C1=CC(C[SiH2]CC2C=CC([Si](C)(C)C)=C2)C=C1. The summed E-state index contributed by atoms with van der Waals surface area (Å²) in [5, 5.41) is 3.34. The summed E-state index contributed by atoms with van der Waals surface area (Å²) < 4.78 is 0. The van der Waals surface area contributed by atoms with Gasteiger partial charge in [-0.2, -0.15) is 0 Å². The maximum Gasteiger partial charge on any atom is 0.0771 e. The third kappa shape index (κ3) is 4.80. The van der Waals surface area contributed by atoms with Gasteiger partial charge in [-0.3, -0.25) is 0 Å². The minimum absolute atomic E-state index is 0.0588. The van der Waals surface area contributed by atoms with Crippen LogP contribution in [0.5, 0.6) is 0 Å². The molecule has 0 spiro atoms. The highest BCUT2D eigenvalue weighted by molar-refractivity contribution is 6.84. The maximum absolute atomic E-state index is 2.58. The second kappa shape index (κ2) is 6.39. The van der Waals surface area contributed by atoms with Gasteiger partial charge < -0.3 is 0 Å². The Hall–Kier alpha value is -0.389. The summed E-state index contributed by atoms with van der Waals surface area (Å²) in [4.78, 5) is 0. The van der Waals surface area contributed by atoms with Crippen LogP contribution in [0, 0.1) is 11.8 Å². The van der Waals surface area contributed by atoms with Crippen LogP contribution in [-0.2, 0) is 0 Å². The van der Waals surface area contributed by atoms with Gasteiger partial charge in [0.25, 0.3) is 0 Å². The first-order chi connectivity index (χ1) is 9.66. The molecule has 2 rings (SSSR count). The van der Waals surface area contributed by atoms with Crippen molar-refractivity contribution in [1.29, 1.82) is 0 Å². The van der Waals surface area contributed by atoms with E-state index in [1.54, 1.807) is 10.4 Å². The summed E-state index contributed by atoms with van der Waals surface area (Å²) in [5.41, 5.74) is 0. The Labute approximate surface area is 136 Å². The van der Waals surface area contributed by atoms with Crippen LogP contribution in [-0.4, -0.2) is 25.7 Å². The Morgan fingerprint density at radius 3 is 1.43 bits per heavy atom. The Morgan fingerprint density at radius 1 is 0.762 bits per heavy atom.